The van der Waals surface area contributed by atoms with Crippen molar-refractivity contribution < 1.29 is 0 Å². The third-order valence-electron chi connectivity index (χ3n) is 1.84. The highest BCUT2D eigenvalue weighted by Gasteiger charge is 2.01. The van der Waals surface area contributed by atoms with Gasteiger partial charge >= 0.3 is 0 Å². The quantitative estimate of drug-likeness (QED) is 0.597. The molecule has 0 spiro atoms. The monoisotopic (exact) mass is 153 g/mol. The summed E-state index contributed by atoms with van der Waals surface area (Å²) in [5.74, 6) is 5.99. The summed E-state index contributed by atoms with van der Waals surface area (Å²) < 4.78 is 0. The van der Waals surface area contributed by atoms with Gasteiger partial charge in [-0.3, -0.25) is 0 Å². The second-order valence-electron chi connectivity index (χ2n) is 2.74. The van der Waals surface area contributed by atoms with Gasteiger partial charge in [-0.1, -0.05) is 13.3 Å². The van der Waals surface area contributed by atoms with Crippen molar-refractivity contribution in [3.63, 3.8) is 0 Å². The Kier molecular flexibility index (Phi) is 7.29. The third kappa shape index (κ3) is 5.94. The molecule has 0 heterocycles. The van der Waals surface area contributed by atoms with Crippen LogP contribution >= 0.6 is 0 Å². The largest absolute Gasteiger partial charge is 0.317 e. The van der Waals surface area contributed by atoms with Crippen LogP contribution in [-0.4, -0.2) is 13.1 Å². The average molecular weight is 153 g/mol. The Morgan fingerprint density at radius 1 is 1.36 bits per heavy atom. The molecular weight excluding hydrogens is 134 g/mol. The van der Waals surface area contributed by atoms with Crippen LogP contribution in [0.25, 0.3) is 0 Å². The first-order chi connectivity index (χ1) is 5.35. The summed E-state index contributed by atoms with van der Waals surface area (Å²) in [6, 6.07) is 0.667. The molecule has 11 heavy (non-hydrogen) atoms. The van der Waals surface area contributed by atoms with E-state index >= 15 is 0 Å². The molecule has 0 amide bonds. The number of nitrogens with one attached hydrogen (secondary N) is 1. The van der Waals surface area contributed by atoms with E-state index in [9.17, 15) is 0 Å². The minimum atomic E-state index is 0.667. The topological polar surface area (TPSA) is 12.0 Å². The predicted molar refractivity (Wildman–Crippen MR) is 50.4 cm³/mol. The van der Waals surface area contributed by atoms with Crippen molar-refractivity contribution >= 4 is 0 Å². The SMILES string of the molecule is CC#CCCC(CCC)NC. The van der Waals surface area contributed by atoms with E-state index in [2.05, 4.69) is 24.1 Å². The Morgan fingerprint density at radius 2 is 2.09 bits per heavy atom. The first-order valence-electron chi connectivity index (χ1n) is 4.42. The van der Waals surface area contributed by atoms with Crippen molar-refractivity contribution in [2.75, 3.05) is 7.05 Å². The second-order valence-corrected chi connectivity index (χ2v) is 2.74. The zero-order valence-electron chi connectivity index (χ0n) is 7.91. The molecule has 0 rings (SSSR count). The number of hydrogen-bond acceptors (Lipinski definition) is 1. The fourth-order valence-electron chi connectivity index (χ4n) is 1.15. The summed E-state index contributed by atoms with van der Waals surface area (Å²) in [7, 11) is 2.03. The van der Waals surface area contributed by atoms with Gasteiger partial charge in [0.25, 0.3) is 0 Å². The van der Waals surface area contributed by atoms with E-state index in [1.807, 2.05) is 14.0 Å². The molecule has 0 fully saturated rings. The van der Waals surface area contributed by atoms with Gasteiger partial charge in [0.2, 0.25) is 0 Å². The van der Waals surface area contributed by atoms with Crippen molar-refractivity contribution in [1.82, 2.24) is 5.32 Å². The van der Waals surface area contributed by atoms with Gasteiger partial charge in [0.1, 0.15) is 0 Å². The van der Waals surface area contributed by atoms with Gasteiger partial charge in [0.05, 0.1) is 0 Å². The number of hydrogen-bond donors (Lipinski definition) is 1. The Hall–Kier alpha value is -0.480. The molecule has 64 valence electrons. The summed E-state index contributed by atoms with van der Waals surface area (Å²) in [6.07, 6.45) is 4.74. The lowest BCUT2D eigenvalue weighted by Crippen LogP contribution is -2.24. The van der Waals surface area contributed by atoms with Gasteiger partial charge in [0.15, 0.2) is 0 Å². The van der Waals surface area contributed by atoms with Gasteiger partial charge in [-0.15, -0.1) is 11.8 Å². The maximum Gasteiger partial charge on any atom is 0.0103 e. The van der Waals surface area contributed by atoms with E-state index < -0.39 is 0 Å². The van der Waals surface area contributed by atoms with Gasteiger partial charge in [-0.2, -0.15) is 0 Å². The molecule has 0 aromatic carbocycles. The molecule has 0 aromatic rings. The molecule has 0 bridgehead atoms. The highest BCUT2D eigenvalue weighted by molar-refractivity contribution is 4.95. The Bertz CT molecular complexity index is 130. The lowest BCUT2D eigenvalue weighted by molar-refractivity contribution is 0.490. The molecule has 1 nitrogen and oxygen atoms in total. The molecule has 0 aliphatic carbocycles. The lowest BCUT2D eigenvalue weighted by atomic mass is 10.1. The zero-order chi connectivity index (χ0) is 8.53. The van der Waals surface area contributed by atoms with Crippen molar-refractivity contribution in [3.05, 3.63) is 0 Å². The normalized spacial score (nSPS) is 11.9. The van der Waals surface area contributed by atoms with Crippen LogP contribution in [0.1, 0.15) is 39.5 Å². The Morgan fingerprint density at radius 3 is 2.55 bits per heavy atom. The van der Waals surface area contributed by atoms with Gasteiger partial charge in [-0.05, 0) is 26.8 Å². The van der Waals surface area contributed by atoms with Gasteiger partial charge in [-0.25, -0.2) is 0 Å². The van der Waals surface area contributed by atoms with Gasteiger partial charge < -0.3 is 5.32 Å². The molecule has 1 N–H and O–H groups in total. The highest BCUT2D eigenvalue weighted by atomic mass is 14.9. The van der Waals surface area contributed by atoms with E-state index in [0.717, 1.165) is 6.42 Å². The summed E-state index contributed by atoms with van der Waals surface area (Å²) in [4.78, 5) is 0. The zero-order valence-corrected chi connectivity index (χ0v) is 7.91. The van der Waals surface area contributed by atoms with Crippen LogP contribution in [0.15, 0.2) is 0 Å². The molecule has 0 saturated carbocycles. The van der Waals surface area contributed by atoms with Gasteiger partial charge in [0, 0.05) is 12.5 Å². The van der Waals surface area contributed by atoms with Crippen LogP contribution in [0.5, 0.6) is 0 Å². The van der Waals surface area contributed by atoms with Crippen LogP contribution in [-0.2, 0) is 0 Å². The van der Waals surface area contributed by atoms with Crippen molar-refractivity contribution in [3.8, 4) is 11.8 Å². The van der Waals surface area contributed by atoms with E-state index in [1.165, 1.54) is 19.3 Å². The summed E-state index contributed by atoms with van der Waals surface area (Å²) in [6.45, 7) is 4.12. The van der Waals surface area contributed by atoms with Crippen molar-refractivity contribution in [2.24, 2.45) is 0 Å². The standard InChI is InChI=1S/C10H19N/c1-4-6-7-9-10(11-3)8-5-2/h10-11H,5,7-9H2,1-3H3. The predicted octanol–water partition coefficient (Wildman–Crippen LogP) is 2.18. The van der Waals surface area contributed by atoms with Crippen LogP contribution in [0.3, 0.4) is 0 Å². The van der Waals surface area contributed by atoms with Crippen LogP contribution < -0.4 is 5.32 Å². The summed E-state index contributed by atoms with van der Waals surface area (Å²) in [5, 5.41) is 3.29. The van der Waals surface area contributed by atoms with E-state index in [1.54, 1.807) is 0 Å². The maximum absolute atomic E-state index is 3.29. The molecule has 1 unspecified atom stereocenters. The molecule has 1 atom stereocenters. The third-order valence-corrected chi connectivity index (χ3v) is 1.84. The van der Waals surface area contributed by atoms with E-state index in [-0.39, 0.29) is 0 Å². The Labute approximate surface area is 70.6 Å². The smallest absolute Gasteiger partial charge is 0.0103 e. The molecule has 0 radical (unpaired) electrons. The average Bonchev–Trinajstić information content (AvgIpc) is 2.03. The van der Waals surface area contributed by atoms with E-state index in [0.29, 0.717) is 6.04 Å². The molecule has 1 heteroatoms. The molecule has 0 aliphatic rings. The maximum atomic E-state index is 3.29. The van der Waals surface area contributed by atoms with E-state index in [4.69, 9.17) is 0 Å². The Balaban J connectivity index is 3.40. The van der Waals surface area contributed by atoms with Crippen LogP contribution in [0.2, 0.25) is 0 Å². The van der Waals surface area contributed by atoms with Crippen molar-refractivity contribution in [2.45, 2.75) is 45.6 Å². The first-order valence-corrected chi connectivity index (χ1v) is 4.42. The highest BCUT2D eigenvalue weighted by Crippen LogP contribution is 2.02. The molecule has 0 aromatic heterocycles. The molecule has 0 aliphatic heterocycles. The van der Waals surface area contributed by atoms with Crippen LogP contribution in [0, 0.1) is 11.8 Å². The first kappa shape index (κ1) is 10.5. The number of rotatable bonds is 5. The summed E-state index contributed by atoms with van der Waals surface area (Å²) >= 11 is 0. The fraction of sp³-hybridized carbons (Fsp3) is 0.800. The fourth-order valence-corrected chi connectivity index (χ4v) is 1.15. The minimum Gasteiger partial charge on any atom is -0.317 e. The lowest BCUT2D eigenvalue weighted by Gasteiger charge is -2.12. The summed E-state index contributed by atoms with van der Waals surface area (Å²) in [5.41, 5.74) is 0. The molecule has 0 saturated heterocycles. The minimum absolute atomic E-state index is 0.667. The van der Waals surface area contributed by atoms with Crippen molar-refractivity contribution in [1.29, 1.82) is 0 Å². The second kappa shape index (κ2) is 7.63. The molecular formula is C10H19N. The van der Waals surface area contributed by atoms with Crippen LogP contribution in [0.4, 0.5) is 0 Å².